The Kier molecular flexibility index (Phi) is 5.14. The fraction of sp³-hybridized carbons (Fsp3) is 0.562. The van der Waals surface area contributed by atoms with Crippen LogP contribution in [0.1, 0.15) is 33.6 Å². The Morgan fingerprint density at radius 1 is 1.48 bits per heavy atom. The molecule has 1 aromatic carbocycles. The first-order chi connectivity index (χ1) is 9.85. The third-order valence-electron chi connectivity index (χ3n) is 3.37. The lowest BCUT2D eigenvalue weighted by Gasteiger charge is -2.29. The molecule has 1 N–H and O–H groups in total. The second kappa shape index (κ2) is 6.69. The molecule has 21 heavy (non-hydrogen) atoms. The number of amides is 1. The van der Waals surface area contributed by atoms with E-state index in [2.05, 4.69) is 21.2 Å². The number of nitrogens with zero attached hydrogens (tertiary/aromatic N) is 1. The second-order valence-electron chi connectivity index (χ2n) is 6.36. The molecule has 1 saturated heterocycles. The van der Waals surface area contributed by atoms with E-state index in [1.54, 1.807) is 0 Å². The fourth-order valence-corrected chi connectivity index (χ4v) is 2.84. The average molecular weight is 355 g/mol. The number of anilines is 1. The van der Waals surface area contributed by atoms with Crippen LogP contribution in [0.15, 0.2) is 28.7 Å². The van der Waals surface area contributed by atoms with Gasteiger partial charge in [0, 0.05) is 23.2 Å². The molecule has 1 heterocycles. The Labute approximate surface area is 135 Å². The third-order valence-corrected chi connectivity index (χ3v) is 3.86. The van der Waals surface area contributed by atoms with E-state index >= 15 is 0 Å². The molecule has 1 atom stereocenters. The predicted octanol–water partition coefficient (Wildman–Crippen LogP) is 4.26. The van der Waals surface area contributed by atoms with Gasteiger partial charge in [-0.15, -0.1) is 0 Å². The number of carbonyl (C=O) groups excluding carboxylic acids is 1. The molecule has 1 aliphatic heterocycles. The van der Waals surface area contributed by atoms with Gasteiger partial charge >= 0.3 is 6.09 Å². The minimum Gasteiger partial charge on any atom is -0.444 e. The van der Waals surface area contributed by atoms with Gasteiger partial charge in [0.1, 0.15) is 5.60 Å². The van der Waals surface area contributed by atoms with E-state index in [1.165, 1.54) is 0 Å². The summed E-state index contributed by atoms with van der Waals surface area (Å²) in [7, 11) is 0. The Balaban J connectivity index is 1.91. The Bertz CT molecular complexity index is 499. The van der Waals surface area contributed by atoms with E-state index in [-0.39, 0.29) is 12.1 Å². The van der Waals surface area contributed by atoms with E-state index in [9.17, 15) is 4.79 Å². The van der Waals surface area contributed by atoms with E-state index in [0.717, 1.165) is 36.1 Å². The van der Waals surface area contributed by atoms with Crippen LogP contribution in [0.2, 0.25) is 0 Å². The standard InChI is InChI=1S/C16H23BrN2O2/c1-16(2,3)21-15(20)19-9-5-8-14(19)11-18-13-7-4-6-12(17)10-13/h4,6-7,10,14,18H,5,8-9,11H2,1-3H3. The third kappa shape index (κ3) is 4.92. The van der Waals surface area contributed by atoms with Gasteiger partial charge in [-0.2, -0.15) is 0 Å². The highest BCUT2D eigenvalue weighted by molar-refractivity contribution is 9.10. The van der Waals surface area contributed by atoms with Crippen molar-refractivity contribution in [3.8, 4) is 0 Å². The summed E-state index contributed by atoms with van der Waals surface area (Å²) in [6, 6.07) is 8.24. The second-order valence-corrected chi connectivity index (χ2v) is 7.28. The molecule has 1 aliphatic rings. The molecule has 1 amide bonds. The number of carbonyl (C=O) groups is 1. The lowest BCUT2D eigenvalue weighted by Crippen LogP contribution is -2.42. The summed E-state index contributed by atoms with van der Waals surface area (Å²) in [5.74, 6) is 0. The summed E-state index contributed by atoms with van der Waals surface area (Å²) >= 11 is 3.46. The number of hydrogen-bond acceptors (Lipinski definition) is 3. The fourth-order valence-electron chi connectivity index (χ4n) is 2.44. The molecule has 1 fully saturated rings. The van der Waals surface area contributed by atoms with Gasteiger partial charge in [-0.1, -0.05) is 22.0 Å². The van der Waals surface area contributed by atoms with Crippen LogP contribution in [-0.2, 0) is 4.74 Å². The zero-order chi connectivity index (χ0) is 15.5. The first-order valence-corrected chi connectivity index (χ1v) is 8.13. The maximum Gasteiger partial charge on any atom is 0.410 e. The minimum atomic E-state index is -0.443. The van der Waals surface area contributed by atoms with Crippen LogP contribution in [0.25, 0.3) is 0 Å². The molecule has 4 nitrogen and oxygen atoms in total. The molecule has 0 bridgehead atoms. The highest BCUT2D eigenvalue weighted by Crippen LogP contribution is 2.22. The summed E-state index contributed by atoms with van der Waals surface area (Å²) in [5.41, 5.74) is 0.613. The Morgan fingerprint density at radius 3 is 2.90 bits per heavy atom. The number of likely N-dealkylation sites (tertiary alicyclic amines) is 1. The van der Waals surface area contributed by atoms with E-state index in [4.69, 9.17) is 4.74 Å². The van der Waals surface area contributed by atoms with Crippen molar-refractivity contribution in [2.24, 2.45) is 0 Å². The summed E-state index contributed by atoms with van der Waals surface area (Å²) in [5, 5.41) is 3.40. The zero-order valence-electron chi connectivity index (χ0n) is 12.9. The smallest absolute Gasteiger partial charge is 0.410 e. The number of ether oxygens (including phenoxy) is 1. The number of rotatable bonds is 3. The molecular formula is C16H23BrN2O2. The molecule has 0 radical (unpaired) electrons. The van der Waals surface area contributed by atoms with Gasteiger partial charge in [-0.05, 0) is 51.8 Å². The van der Waals surface area contributed by atoms with Gasteiger partial charge in [-0.25, -0.2) is 4.79 Å². The predicted molar refractivity (Wildman–Crippen MR) is 88.6 cm³/mol. The van der Waals surface area contributed by atoms with Crippen molar-refractivity contribution < 1.29 is 9.53 Å². The van der Waals surface area contributed by atoms with Gasteiger partial charge in [0.05, 0.1) is 6.04 Å². The maximum atomic E-state index is 12.2. The summed E-state index contributed by atoms with van der Waals surface area (Å²) in [6.45, 7) is 7.22. The molecule has 5 heteroatoms. The van der Waals surface area contributed by atoms with Crippen LogP contribution in [-0.4, -0.2) is 35.7 Å². The highest BCUT2D eigenvalue weighted by atomic mass is 79.9. The lowest BCUT2D eigenvalue weighted by molar-refractivity contribution is 0.0235. The maximum absolute atomic E-state index is 12.2. The molecule has 0 saturated carbocycles. The SMILES string of the molecule is CC(C)(C)OC(=O)N1CCCC1CNc1cccc(Br)c1. The van der Waals surface area contributed by atoms with Crippen LogP contribution < -0.4 is 5.32 Å². The summed E-state index contributed by atoms with van der Waals surface area (Å²) in [4.78, 5) is 14.0. The topological polar surface area (TPSA) is 41.6 Å². The van der Waals surface area contributed by atoms with Crippen molar-refractivity contribution in [1.29, 1.82) is 0 Å². The molecule has 116 valence electrons. The molecular weight excluding hydrogens is 332 g/mol. The summed E-state index contributed by atoms with van der Waals surface area (Å²) in [6.07, 6.45) is 1.84. The lowest BCUT2D eigenvalue weighted by atomic mass is 10.2. The van der Waals surface area contributed by atoms with Crippen molar-refractivity contribution in [2.45, 2.75) is 45.3 Å². The van der Waals surface area contributed by atoms with Crippen LogP contribution in [0, 0.1) is 0 Å². The van der Waals surface area contributed by atoms with E-state index in [0.29, 0.717) is 0 Å². The van der Waals surface area contributed by atoms with Crippen molar-refractivity contribution >= 4 is 27.7 Å². The molecule has 0 spiro atoms. The molecule has 2 rings (SSSR count). The van der Waals surface area contributed by atoms with Crippen LogP contribution in [0.5, 0.6) is 0 Å². The van der Waals surface area contributed by atoms with Gasteiger partial charge in [-0.3, -0.25) is 0 Å². The Hall–Kier alpha value is -1.23. The minimum absolute atomic E-state index is 0.193. The first kappa shape index (κ1) is 16.1. The Morgan fingerprint density at radius 2 is 2.24 bits per heavy atom. The van der Waals surface area contributed by atoms with Crippen LogP contribution >= 0.6 is 15.9 Å². The monoisotopic (exact) mass is 354 g/mol. The van der Waals surface area contributed by atoms with Gasteiger partial charge in [0.25, 0.3) is 0 Å². The number of nitrogens with one attached hydrogen (secondary N) is 1. The average Bonchev–Trinajstić information content (AvgIpc) is 2.83. The van der Waals surface area contributed by atoms with Crippen molar-refractivity contribution in [2.75, 3.05) is 18.4 Å². The van der Waals surface area contributed by atoms with Gasteiger partial charge < -0.3 is 15.0 Å². The molecule has 0 aliphatic carbocycles. The van der Waals surface area contributed by atoms with Crippen molar-refractivity contribution in [1.82, 2.24) is 4.90 Å². The highest BCUT2D eigenvalue weighted by Gasteiger charge is 2.31. The van der Waals surface area contributed by atoms with Crippen LogP contribution in [0.3, 0.4) is 0 Å². The summed E-state index contributed by atoms with van der Waals surface area (Å²) < 4.78 is 6.52. The van der Waals surface area contributed by atoms with E-state index < -0.39 is 5.60 Å². The van der Waals surface area contributed by atoms with E-state index in [1.807, 2.05) is 49.9 Å². The molecule has 1 aromatic rings. The molecule has 1 unspecified atom stereocenters. The van der Waals surface area contributed by atoms with Crippen molar-refractivity contribution in [3.63, 3.8) is 0 Å². The van der Waals surface area contributed by atoms with Gasteiger partial charge in [0.2, 0.25) is 0 Å². The number of benzene rings is 1. The number of halogens is 1. The van der Waals surface area contributed by atoms with Crippen LogP contribution in [0.4, 0.5) is 10.5 Å². The van der Waals surface area contributed by atoms with Crippen molar-refractivity contribution in [3.05, 3.63) is 28.7 Å². The quantitative estimate of drug-likeness (QED) is 0.881. The van der Waals surface area contributed by atoms with Gasteiger partial charge in [0.15, 0.2) is 0 Å². The largest absolute Gasteiger partial charge is 0.444 e. The first-order valence-electron chi connectivity index (χ1n) is 7.34. The normalized spacial score (nSPS) is 18.7. The number of hydrogen-bond donors (Lipinski definition) is 1. The molecule has 0 aromatic heterocycles. The zero-order valence-corrected chi connectivity index (χ0v) is 14.4.